The second-order valence-corrected chi connectivity index (χ2v) is 5.62. The van der Waals surface area contributed by atoms with Crippen LogP contribution in [0, 0.1) is 0 Å². The van der Waals surface area contributed by atoms with Crippen molar-refractivity contribution in [1.82, 2.24) is 0 Å². The molecule has 1 N–H and O–H groups in total. The van der Waals surface area contributed by atoms with Crippen molar-refractivity contribution in [2.45, 2.75) is 20.0 Å². The van der Waals surface area contributed by atoms with E-state index in [0.29, 0.717) is 12.2 Å². The fraction of sp³-hybridized carbons (Fsp3) is 0.222. The Bertz CT molecular complexity index is 824. The van der Waals surface area contributed by atoms with Crippen molar-refractivity contribution in [1.29, 1.82) is 0 Å². The van der Waals surface area contributed by atoms with Gasteiger partial charge in [-0.1, -0.05) is 6.07 Å². The van der Waals surface area contributed by atoms with Gasteiger partial charge in [0.15, 0.2) is 0 Å². The Labute approximate surface area is 143 Å². The first-order valence-electron chi connectivity index (χ1n) is 7.71. The molecule has 0 atom stereocenters. The molecule has 2 aromatic rings. The van der Waals surface area contributed by atoms with Gasteiger partial charge >= 0.3 is 6.61 Å². The third-order valence-electron chi connectivity index (χ3n) is 3.93. The Kier molecular flexibility index (Phi) is 4.65. The van der Waals surface area contributed by atoms with Gasteiger partial charge in [0.1, 0.15) is 5.75 Å². The summed E-state index contributed by atoms with van der Waals surface area (Å²) < 4.78 is 28.8. The Morgan fingerprint density at radius 1 is 1.20 bits per heavy atom. The minimum atomic E-state index is -2.95. The smallest absolute Gasteiger partial charge is 0.387 e. The van der Waals surface area contributed by atoms with Gasteiger partial charge in [-0.25, -0.2) is 0 Å². The van der Waals surface area contributed by atoms with E-state index in [4.69, 9.17) is 0 Å². The quantitative estimate of drug-likeness (QED) is 0.922. The SMILES string of the molecule is CC(=O)N1CCc2cc(NC(=O)c3cccc(OC(F)F)c3)ccc21. The fourth-order valence-electron chi connectivity index (χ4n) is 2.82. The van der Waals surface area contributed by atoms with E-state index in [1.54, 1.807) is 17.0 Å². The summed E-state index contributed by atoms with van der Waals surface area (Å²) in [7, 11) is 0. The van der Waals surface area contributed by atoms with E-state index >= 15 is 0 Å². The highest BCUT2D eigenvalue weighted by atomic mass is 19.3. The molecule has 25 heavy (non-hydrogen) atoms. The zero-order valence-electron chi connectivity index (χ0n) is 13.5. The Morgan fingerprint density at radius 3 is 2.72 bits per heavy atom. The Hall–Kier alpha value is -2.96. The Balaban J connectivity index is 1.75. The van der Waals surface area contributed by atoms with Crippen LogP contribution in [-0.2, 0) is 11.2 Å². The number of ether oxygens (including phenoxy) is 1. The molecule has 0 fully saturated rings. The van der Waals surface area contributed by atoms with E-state index in [9.17, 15) is 18.4 Å². The maximum atomic E-state index is 12.3. The molecular formula is C18H16F2N2O3. The van der Waals surface area contributed by atoms with E-state index < -0.39 is 12.5 Å². The second kappa shape index (κ2) is 6.88. The third-order valence-corrected chi connectivity index (χ3v) is 3.93. The van der Waals surface area contributed by atoms with E-state index in [-0.39, 0.29) is 17.2 Å². The van der Waals surface area contributed by atoms with Crippen molar-refractivity contribution >= 4 is 23.2 Å². The van der Waals surface area contributed by atoms with Crippen molar-refractivity contribution in [3.05, 3.63) is 53.6 Å². The molecule has 0 bridgehead atoms. The summed E-state index contributed by atoms with van der Waals surface area (Å²) in [6.07, 6.45) is 0.719. The molecule has 1 heterocycles. The first-order chi connectivity index (χ1) is 11.9. The van der Waals surface area contributed by atoms with Crippen LogP contribution in [0.1, 0.15) is 22.8 Å². The number of amides is 2. The molecule has 0 radical (unpaired) electrons. The van der Waals surface area contributed by atoms with Crippen molar-refractivity contribution in [3.63, 3.8) is 0 Å². The summed E-state index contributed by atoms with van der Waals surface area (Å²) in [5.41, 5.74) is 2.61. The van der Waals surface area contributed by atoms with Crippen molar-refractivity contribution in [2.24, 2.45) is 0 Å². The molecule has 2 amide bonds. The number of hydrogen-bond acceptors (Lipinski definition) is 3. The second-order valence-electron chi connectivity index (χ2n) is 5.62. The largest absolute Gasteiger partial charge is 0.435 e. The first kappa shape index (κ1) is 16.9. The van der Waals surface area contributed by atoms with Crippen LogP contribution in [0.3, 0.4) is 0 Å². The average Bonchev–Trinajstić information content (AvgIpc) is 2.98. The molecular weight excluding hydrogens is 330 g/mol. The van der Waals surface area contributed by atoms with Crippen molar-refractivity contribution < 1.29 is 23.1 Å². The van der Waals surface area contributed by atoms with Crippen LogP contribution >= 0.6 is 0 Å². The summed E-state index contributed by atoms with van der Waals surface area (Å²) in [4.78, 5) is 25.5. The molecule has 0 unspecified atom stereocenters. The lowest BCUT2D eigenvalue weighted by Gasteiger charge is -2.15. The van der Waals surface area contributed by atoms with Crippen molar-refractivity contribution in [2.75, 3.05) is 16.8 Å². The number of anilines is 2. The van der Waals surface area contributed by atoms with Gasteiger partial charge in [0.2, 0.25) is 5.91 Å². The van der Waals surface area contributed by atoms with Gasteiger partial charge in [0.05, 0.1) is 0 Å². The van der Waals surface area contributed by atoms with E-state index in [1.807, 2.05) is 6.07 Å². The number of alkyl halides is 2. The molecule has 2 aromatic carbocycles. The average molecular weight is 346 g/mol. The van der Waals surface area contributed by atoms with Crippen LogP contribution in [0.2, 0.25) is 0 Å². The van der Waals surface area contributed by atoms with Crippen molar-refractivity contribution in [3.8, 4) is 5.75 Å². The van der Waals surface area contributed by atoms with Gasteiger partial charge in [-0.15, -0.1) is 0 Å². The zero-order chi connectivity index (χ0) is 18.0. The number of nitrogens with zero attached hydrogens (tertiary/aromatic N) is 1. The van der Waals surface area contributed by atoms with Crippen LogP contribution in [-0.4, -0.2) is 25.0 Å². The standard InChI is InChI=1S/C18H16F2N2O3/c1-11(23)22-8-7-12-9-14(5-6-16(12)22)21-17(24)13-3-2-4-15(10-13)25-18(19)20/h2-6,9-10,18H,7-8H2,1H3,(H,21,24). The number of fused-ring (bicyclic) bond motifs is 1. The van der Waals surface area contributed by atoms with Crippen LogP contribution in [0.4, 0.5) is 20.2 Å². The maximum absolute atomic E-state index is 12.3. The third kappa shape index (κ3) is 3.76. The van der Waals surface area contributed by atoms with E-state index in [1.165, 1.54) is 31.2 Å². The predicted molar refractivity (Wildman–Crippen MR) is 89.2 cm³/mol. The van der Waals surface area contributed by atoms with Crippen LogP contribution in [0.5, 0.6) is 5.75 Å². The molecule has 0 saturated carbocycles. The number of halogens is 2. The lowest BCUT2D eigenvalue weighted by Crippen LogP contribution is -2.25. The number of rotatable bonds is 4. The molecule has 1 aliphatic rings. The number of nitrogens with one attached hydrogen (secondary N) is 1. The molecule has 0 saturated heterocycles. The minimum Gasteiger partial charge on any atom is -0.435 e. The summed E-state index contributed by atoms with van der Waals surface area (Å²) in [6.45, 7) is -0.812. The monoisotopic (exact) mass is 346 g/mol. The van der Waals surface area contributed by atoms with Gasteiger partial charge in [-0.2, -0.15) is 8.78 Å². The summed E-state index contributed by atoms with van der Waals surface area (Å²) in [6, 6.07) is 10.9. The molecule has 5 nitrogen and oxygen atoms in total. The fourth-order valence-corrected chi connectivity index (χ4v) is 2.82. The van der Waals surface area contributed by atoms with Crippen LogP contribution in [0.15, 0.2) is 42.5 Å². The molecule has 1 aliphatic heterocycles. The highest BCUT2D eigenvalue weighted by Crippen LogP contribution is 2.30. The molecule has 0 aromatic heterocycles. The molecule has 0 spiro atoms. The van der Waals surface area contributed by atoms with E-state index in [0.717, 1.165) is 17.7 Å². The topological polar surface area (TPSA) is 58.6 Å². The number of carbonyl (C=O) groups is 2. The van der Waals surface area contributed by atoms with Crippen LogP contribution < -0.4 is 15.0 Å². The number of carbonyl (C=O) groups excluding carboxylic acids is 2. The summed E-state index contributed by atoms with van der Waals surface area (Å²) in [5, 5.41) is 2.73. The van der Waals surface area contributed by atoms with E-state index in [2.05, 4.69) is 10.1 Å². The lowest BCUT2D eigenvalue weighted by atomic mass is 10.1. The number of benzene rings is 2. The highest BCUT2D eigenvalue weighted by Gasteiger charge is 2.22. The minimum absolute atomic E-state index is 0.0219. The summed E-state index contributed by atoms with van der Waals surface area (Å²) >= 11 is 0. The lowest BCUT2D eigenvalue weighted by molar-refractivity contribution is -0.116. The van der Waals surface area contributed by atoms with Gasteiger partial charge in [0.25, 0.3) is 5.91 Å². The molecule has 3 rings (SSSR count). The molecule has 130 valence electrons. The van der Waals surface area contributed by atoms with Gasteiger partial charge in [-0.05, 0) is 48.4 Å². The zero-order valence-corrected chi connectivity index (χ0v) is 13.5. The maximum Gasteiger partial charge on any atom is 0.387 e. The van der Waals surface area contributed by atoms with Gasteiger partial charge < -0.3 is 15.0 Å². The highest BCUT2D eigenvalue weighted by molar-refractivity contribution is 6.05. The normalized spacial score (nSPS) is 12.9. The predicted octanol–water partition coefficient (Wildman–Crippen LogP) is 3.45. The molecule has 7 heteroatoms. The Morgan fingerprint density at radius 2 is 2.00 bits per heavy atom. The first-order valence-corrected chi connectivity index (χ1v) is 7.71. The summed E-state index contributed by atoms with van der Waals surface area (Å²) in [5.74, 6) is -0.527. The van der Waals surface area contributed by atoms with Gasteiger partial charge in [0, 0.05) is 30.4 Å². The number of hydrogen-bond donors (Lipinski definition) is 1. The van der Waals surface area contributed by atoms with Gasteiger partial charge in [-0.3, -0.25) is 9.59 Å². The van der Waals surface area contributed by atoms with Crippen LogP contribution in [0.25, 0.3) is 0 Å². The molecule has 0 aliphatic carbocycles.